The van der Waals surface area contributed by atoms with Crippen LogP contribution >= 0.6 is 0 Å². The van der Waals surface area contributed by atoms with Crippen molar-refractivity contribution in [1.29, 1.82) is 0 Å². The predicted molar refractivity (Wildman–Crippen MR) is 150 cm³/mol. The molecule has 10 heteroatoms. The second-order valence-corrected chi connectivity index (χ2v) is 10.9. The highest BCUT2D eigenvalue weighted by molar-refractivity contribution is 6.03. The number of methoxy groups -OCH3 is 1. The van der Waals surface area contributed by atoms with Crippen molar-refractivity contribution in [3.05, 3.63) is 48.3 Å². The molecule has 10 nitrogen and oxygen atoms in total. The minimum Gasteiger partial charge on any atom is -0.497 e. The molecule has 0 spiro atoms. The summed E-state index contributed by atoms with van der Waals surface area (Å²) in [6, 6.07) is 11.8. The molecule has 1 unspecified atom stereocenters. The fourth-order valence-corrected chi connectivity index (χ4v) is 5.29. The van der Waals surface area contributed by atoms with Crippen molar-refractivity contribution >= 4 is 33.7 Å². The fraction of sp³-hybridized carbons (Fsp3) is 0.414. The average Bonchev–Trinajstić information content (AvgIpc) is 3.59. The molecule has 204 valence electrons. The minimum absolute atomic E-state index is 0.0370. The standard InChI is InChI=1S/C29H34N6O4/c1-29(2,3)39-28(36)35-23-6-5-19(37-4)15-18(23)16-24(35)21-17-25(34-11-13-38-14-12-34)32-26-20(21)7-9-30-27(26)22-8-10-31-33-22/h5-7,9,15-17,22,31,33H,8,10-14H2,1-4H3. The zero-order chi connectivity index (χ0) is 27.1. The van der Waals surface area contributed by atoms with Gasteiger partial charge in [0.2, 0.25) is 0 Å². The molecule has 2 fully saturated rings. The normalized spacial score (nSPS) is 18.2. The van der Waals surface area contributed by atoms with Crippen LogP contribution in [0.15, 0.2) is 42.6 Å². The van der Waals surface area contributed by atoms with Crippen LogP contribution in [0.25, 0.3) is 33.1 Å². The third-order valence-electron chi connectivity index (χ3n) is 7.10. The molecule has 4 aromatic rings. The Morgan fingerprint density at radius 3 is 2.67 bits per heavy atom. The molecule has 2 aliphatic rings. The van der Waals surface area contributed by atoms with Crippen LogP contribution in [0.1, 0.15) is 38.9 Å². The molecule has 2 saturated heterocycles. The lowest BCUT2D eigenvalue weighted by atomic mass is 10.0. The number of nitrogens with one attached hydrogen (secondary N) is 2. The maximum atomic E-state index is 13.7. The summed E-state index contributed by atoms with van der Waals surface area (Å²) in [5.74, 6) is 1.55. The van der Waals surface area contributed by atoms with Crippen LogP contribution in [-0.4, -0.2) is 66.2 Å². The van der Waals surface area contributed by atoms with Gasteiger partial charge in [0, 0.05) is 42.2 Å². The molecule has 3 aromatic heterocycles. The first kappa shape index (κ1) is 25.5. The van der Waals surface area contributed by atoms with Gasteiger partial charge in [0.1, 0.15) is 17.2 Å². The van der Waals surface area contributed by atoms with E-state index in [0.717, 1.165) is 76.4 Å². The SMILES string of the molecule is COc1ccc2c(c1)cc(-c1cc(N3CCOCC3)nc3c(C4CCNN4)nccc13)n2C(=O)OC(C)(C)C. The molecule has 0 aliphatic carbocycles. The van der Waals surface area contributed by atoms with Crippen molar-refractivity contribution in [1.82, 2.24) is 25.4 Å². The Morgan fingerprint density at radius 1 is 1.13 bits per heavy atom. The fourth-order valence-electron chi connectivity index (χ4n) is 5.29. The van der Waals surface area contributed by atoms with Gasteiger partial charge >= 0.3 is 6.09 Å². The van der Waals surface area contributed by atoms with E-state index in [2.05, 4.69) is 21.8 Å². The molecule has 5 heterocycles. The number of fused-ring (bicyclic) bond motifs is 2. The van der Waals surface area contributed by atoms with E-state index in [0.29, 0.717) is 13.2 Å². The summed E-state index contributed by atoms with van der Waals surface area (Å²) >= 11 is 0. The number of benzene rings is 1. The van der Waals surface area contributed by atoms with Crippen molar-refractivity contribution in [2.24, 2.45) is 0 Å². The van der Waals surface area contributed by atoms with E-state index in [1.807, 2.05) is 57.3 Å². The van der Waals surface area contributed by atoms with Crippen LogP contribution in [0.3, 0.4) is 0 Å². The van der Waals surface area contributed by atoms with E-state index in [1.54, 1.807) is 11.7 Å². The Balaban J connectivity index is 1.63. The minimum atomic E-state index is -0.658. The molecule has 6 rings (SSSR count). The van der Waals surface area contributed by atoms with Gasteiger partial charge < -0.3 is 19.1 Å². The van der Waals surface area contributed by atoms with Crippen LogP contribution in [0, 0.1) is 0 Å². The summed E-state index contributed by atoms with van der Waals surface area (Å²) < 4.78 is 18.6. The van der Waals surface area contributed by atoms with Crippen molar-refractivity contribution in [3.8, 4) is 17.0 Å². The third kappa shape index (κ3) is 4.91. The number of rotatable bonds is 4. The molecule has 39 heavy (non-hydrogen) atoms. The molecular weight excluding hydrogens is 496 g/mol. The van der Waals surface area contributed by atoms with Crippen molar-refractivity contribution in [2.75, 3.05) is 44.9 Å². The Hall–Kier alpha value is -3.73. The van der Waals surface area contributed by atoms with E-state index in [9.17, 15) is 4.79 Å². The Morgan fingerprint density at radius 2 is 1.95 bits per heavy atom. The predicted octanol–water partition coefficient (Wildman–Crippen LogP) is 4.42. The van der Waals surface area contributed by atoms with Crippen molar-refractivity contribution < 1.29 is 19.0 Å². The van der Waals surface area contributed by atoms with Crippen LogP contribution in [0.2, 0.25) is 0 Å². The molecular formula is C29H34N6O4. The summed E-state index contributed by atoms with van der Waals surface area (Å²) in [5, 5.41) is 1.80. The summed E-state index contributed by atoms with van der Waals surface area (Å²) in [7, 11) is 1.64. The smallest absolute Gasteiger partial charge is 0.419 e. The van der Waals surface area contributed by atoms with Crippen LogP contribution in [-0.2, 0) is 9.47 Å². The number of aromatic nitrogens is 3. The van der Waals surface area contributed by atoms with Gasteiger partial charge in [-0.1, -0.05) is 0 Å². The molecule has 0 bridgehead atoms. The van der Waals surface area contributed by atoms with E-state index in [1.165, 1.54) is 0 Å². The van der Waals surface area contributed by atoms with Gasteiger partial charge in [-0.2, -0.15) is 0 Å². The van der Waals surface area contributed by atoms with E-state index in [-0.39, 0.29) is 6.04 Å². The molecule has 1 atom stereocenters. The summed E-state index contributed by atoms with van der Waals surface area (Å²) in [6.45, 7) is 9.23. The second-order valence-electron chi connectivity index (χ2n) is 10.9. The summed E-state index contributed by atoms with van der Waals surface area (Å²) in [5.41, 5.74) is 9.95. The van der Waals surface area contributed by atoms with Crippen molar-refractivity contribution in [3.63, 3.8) is 0 Å². The number of pyridine rings is 2. The first-order valence-electron chi connectivity index (χ1n) is 13.4. The zero-order valence-corrected chi connectivity index (χ0v) is 22.8. The van der Waals surface area contributed by atoms with Gasteiger partial charge in [-0.15, -0.1) is 0 Å². The largest absolute Gasteiger partial charge is 0.497 e. The monoisotopic (exact) mass is 530 g/mol. The highest BCUT2D eigenvalue weighted by atomic mass is 16.6. The van der Waals surface area contributed by atoms with Gasteiger partial charge in [-0.25, -0.2) is 19.8 Å². The summed E-state index contributed by atoms with van der Waals surface area (Å²) in [4.78, 5) is 25.8. The number of hydrogen-bond donors (Lipinski definition) is 2. The van der Waals surface area contributed by atoms with Gasteiger partial charge in [0.25, 0.3) is 0 Å². The molecule has 0 saturated carbocycles. The van der Waals surface area contributed by atoms with Crippen LogP contribution in [0.4, 0.5) is 10.6 Å². The first-order valence-corrected chi connectivity index (χ1v) is 13.4. The van der Waals surface area contributed by atoms with E-state index in [4.69, 9.17) is 24.2 Å². The topological polar surface area (TPSA) is 103 Å². The number of hydrogen-bond acceptors (Lipinski definition) is 9. The number of ether oxygens (including phenoxy) is 3. The van der Waals surface area contributed by atoms with Crippen molar-refractivity contribution in [2.45, 2.75) is 38.8 Å². The number of hydrazine groups is 1. The first-order chi connectivity index (χ1) is 18.8. The number of anilines is 1. The molecule has 0 amide bonds. The summed E-state index contributed by atoms with van der Waals surface area (Å²) in [6.07, 6.45) is 2.29. The average molecular weight is 531 g/mol. The molecule has 2 N–H and O–H groups in total. The quantitative estimate of drug-likeness (QED) is 0.397. The molecule has 1 aromatic carbocycles. The van der Waals surface area contributed by atoms with Gasteiger partial charge in [-0.3, -0.25) is 10.4 Å². The zero-order valence-electron chi connectivity index (χ0n) is 22.8. The molecule has 0 radical (unpaired) electrons. The Bertz CT molecular complexity index is 1530. The number of morpholine rings is 1. The van der Waals surface area contributed by atoms with E-state index >= 15 is 0 Å². The second kappa shape index (κ2) is 10.1. The highest BCUT2D eigenvalue weighted by Gasteiger charge is 2.27. The third-order valence-corrected chi connectivity index (χ3v) is 7.10. The van der Waals surface area contributed by atoms with Gasteiger partial charge in [0.15, 0.2) is 0 Å². The van der Waals surface area contributed by atoms with E-state index < -0.39 is 11.7 Å². The lowest BCUT2D eigenvalue weighted by Gasteiger charge is -2.29. The number of carbonyl (C=O) groups is 1. The van der Waals surface area contributed by atoms with Crippen LogP contribution in [0.5, 0.6) is 5.75 Å². The lowest BCUT2D eigenvalue weighted by Crippen LogP contribution is -2.36. The molecule has 2 aliphatic heterocycles. The number of carbonyl (C=O) groups excluding carboxylic acids is 1. The van der Waals surface area contributed by atoms with Crippen LogP contribution < -0.4 is 20.5 Å². The van der Waals surface area contributed by atoms with Gasteiger partial charge in [-0.05, 0) is 63.6 Å². The Kier molecular flexibility index (Phi) is 6.62. The highest BCUT2D eigenvalue weighted by Crippen LogP contribution is 2.38. The Labute approximate surface area is 227 Å². The number of nitrogens with zero attached hydrogens (tertiary/aromatic N) is 4. The lowest BCUT2D eigenvalue weighted by molar-refractivity contribution is 0.0547. The van der Waals surface area contributed by atoms with Gasteiger partial charge in [0.05, 0.1) is 48.8 Å². The maximum absolute atomic E-state index is 13.7. The maximum Gasteiger partial charge on any atom is 0.419 e.